The Labute approximate surface area is 129 Å². The molecule has 0 spiro atoms. The van der Waals surface area contributed by atoms with Crippen molar-refractivity contribution in [1.29, 1.82) is 0 Å². The van der Waals surface area contributed by atoms with Crippen molar-refractivity contribution < 1.29 is 22.6 Å². The standard InChI is InChI=1S/C15H12F3N3O2/c1-21-8-20-12-11(7-19-14(22-2)13(12)21)9-3-5-10(6-4-9)23-15(16,17)18/h3-8H,1-2H3. The van der Waals surface area contributed by atoms with Crippen molar-refractivity contribution >= 4 is 11.0 Å². The van der Waals surface area contributed by atoms with Gasteiger partial charge in [0.2, 0.25) is 5.88 Å². The fraction of sp³-hybridized carbons (Fsp3) is 0.200. The normalized spacial score (nSPS) is 11.7. The summed E-state index contributed by atoms with van der Waals surface area (Å²) in [6.07, 6.45) is -1.51. The van der Waals surface area contributed by atoms with Gasteiger partial charge in [-0.15, -0.1) is 13.2 Å². The van der Waals surface area contributed by atoms with E-state index in [2.05, 4.69) is 14.7 Å². The maximum absolute atomic E-state index is 12.2. The second-order valence-electron chi connectivity index (χ2n) is 4.81. The number of pyridine rings is 1. The summed E-state index contributed by atoms with van der Waals surface area (Å²) in [5.41, 5.74) is 2.74. The summed E-state index contributed by atoms with van der Waals surface area (Å²) in [5.74, 6) is 0.153. The third-order valence-corrected chi connectivity index (χ3v) is 3.30. The van der Waals surface area contributed by atoms with Gasteiger partial charge in [0.05, 0.1) is 13.4 Å². The predicted octanol–water partition coefficient (Wildman–Crippen LogP) is 3.54. The molecule has 3 rings (SSSR count). The lowest BCUT2D eigenvalue weighted by molar-refractivity contribution is -0.274. The fourth-order valence-electron chi connectivity index (χ4n) is 2.32. The molecular formula is C15H12F3N3O2. The number of aryl methyl sites for hydroxylation is 1. The first-order valence-corrected chi connectivity index (χ1v) is 6.59. The number of aromatic nitrogens is 3. The number of alkyl halides is 3. The van der Waals surface area contributed by atoms with Crippen LogP contribution >= 0.6 is 0 Å². The van der Waals surface area contributed by atoms with Gasteiger partial charge in [-0.1, -0.05) is 12.1 Å². The second kappa shape index (κ2) is 5.45. The van der Waals surface area contributed by atoms with E-state index in [1.54, 1.807) is 17.1 Å². The summed E-state index contributed by atoms with van der Waals surface area (Å²) >= 11 is 0. The van der Waals surface area contributed by atoms with Crippen LogP contribution in [0.15, 0.2) is 36.8 Å². The van der Waals surface area contributed by atoms with E-state index in [0.717, 1.165) is 0 Å². The van der Waals surface area contributed by atoms with E-state index in [-0.39, 0.29) is 5.75 Å². The molecule has 0 saturated carbocycles. The van der Waals surface area contributed by atoms with Crippen molar-refractivity contribution in [2.24, 2.45) is 7.05 Å². The maximum Gasteiger partial charge on any atom is 0.573 e. The molecular weight excluding hydrogens is 311 g/mol. The Morgan fingerprint density at radius 2 is 1.78 bits per heavy atom. The number of ether oxygens (including phenoxy) is 2. The van der Waals surface area contributed by atoms with Crippen LogP contribution in [0.25, 0.3) is 22.2 Å². The van der Waals surface area contributed by atoms with E-state index in [1.807, 2.05) is 7.05 Å². The molecule has 2 aromatic heterocycles. The Kier molecular flexibility index (Phi) is 3.59. The average Bonchev–Trinajstić information content (AvgIpc) is 2.88. The summed E-state index contributed by atoms with van der Waals surface area (Å²) in [4.78, 5) is 8.54. The van der Waals surface area contributed by atoms with Gasteiger partial charge in [0.25, 0.3) is 0 Å². The van der Waals surface area contributed by atoms with E-state index in [9.17, 15) is 13.2 Å². The Balaban J connectivity index is 2.04. The third kappa shape index (κ3) is 2.92. The molecule has 0 bridgehead atoms. The molecule has 0 saturated heterocycles. The number of rotatable bonds is 3. The zero-order valence-corrected chi connectivity index (χ0v) is 12.3. The van der Waals surface area contributed by atoms with Crippen molar-refractivity contribution in [3.63, 3.8) is 0 Å². The first-order valence-electron chi connectivity index (χ1n) is 6.59. The number of fused-ring (bicyclic) bond motifs is 1. The highest BCUT2D eigenvalue weighted by Crippen LogP contribution is 2.32. The number of benzene rings is 1. The SMILES string of the molecule is COc1ncc(-c2ccc(OC(F)(F)F)cc2)c2ncn(C)c12. The van der Waals surface area contributed by atoms with Crippen molar-refractivity contribution in [3.8, 4) is 22.8 Å². The molecule has 0 aliphatic carbocycles. The molecule has 5 nitrogen and oxygen atoms in total. The van der Waals surface area contributed by atoms with Crippen LogP contribution in [-0.4, -0.2) is 28.0 Å². The minimum Gasteiger partial charge on any atom is -0.479 e. The van der Waals surface area contributed by atoms with Crippen molar-refractivity contribution in [1.82, 2.24) is 14.5 Å². The van der Waals surface area contributed by atoms with Crippen LogP contribution in [-0.2, 0) is 7.05 Å². The van der Waals surface area contributed by atoms with Gasteiger partial charge in [0.15, 0.2) is 0 Å². The maximum atomic E-state index is 12.2. The number of halogens is 3. The molecule has 1 aromatic carbocycles. The van der Waals surface area contributed by atoms with E-state index in [1.165, 1.54) is 31.4 Å². The van der Waals surface area contributed by atoms with Crippen molar-refractivity contribution in [2.45, 2.75) is 6.36 Å². The average molecular weight is 323 g/mol. The molecule has 3 aromatic rings. The number of imidazole rings is 1. The zero-order chi connectivity index (χ0) is 16.6. The minimum absolute atomic E-state index is 0.278. The van der Waals surface area contributed by atoms with Gasteiger partial charge < -0.3 is 14.0 Å². The van der Waals surface area contributed by atoms with Gasteiger partial charge in [-0.3, -0.25) is 0 Å². The summed E-state index contributed by atoms with van der Waals surface area (Å²) in [7, 11) is 3.32. The molecule has 0 amide bonds. The lowest BCUT2D eigenvalue weighted by Gasteiger charge is -2.10. The van der Waals surface area contributed by atoms with E-state index in [4.69, 9.17) is 4.74 Å². The van der Waals surface area contributed by atoms with Gasteiger partial charge >= 0.3 is 6.36 Å². The molecule has 0 atom stereocenters. The lowest BCUT2D eigenvalue weighted by atomic mass is 10.1. The first-order chi connectivity index (χ1) is 10.9. The number of methoxy groups -OCH3 is 1. The largest absolute Gasteiger partial charge is 0.573 e. The van der Waals surface area contributed by atoms with Gasteiger partial charge in [0.1, 0.15) is 16.8 Å². The quantitative estimate of drug-likeness (QED) is 0.740. The van der Waals surface area contributed by atoms with Crippen LogP contribution in [0.4, 0.5) is 13.2 Å². The molecule has 0 fully saturated rings. The predicted molar refractivity (Wildman–Crippen MR) is 77.2 cm³/mol. The van der Waals surface area contributed by atoms with Crippen LogP contribution in [0, 0.1) is 0 Å². The Bertz CT molecular complexity index is 842. The molecule has 23 heavy (non-hydrogen) atoms. The van der Waals surface area contributed by atoms with Gasteiger partial charge in [-0.2, -0.15) is 0 Å². The molecule has 120 valence electrons. The fourth-order valence-corrected chi connectivity index (χ4v) is 2.32. The molecule has 0 unspecified atom stereocenters. The number of hydrogen-bond donors (Lipinski definition) is 0. The smallest absolute Gasteiger partial charge is 0.479 e. The van der Waals surface area contributed by atoms with E-state index >= 15 is 0 Å². The minimum atomic E-state index is -4.71. The van der Waals surface area contributed by atoms with Gasteiger partial charge in [0, 0.05) is 18.8 Å². The van der Waals surface area contributed by atoms with Crippen LogP contribution in [0.1, 0.15) is 0 Å². The molecule has 0 radical (unpaired) electrons. The van der Waals surface area contributed by atoms with Crippen LogP contribution in [0.3, 0.4) is 0 Å². The third-order valence-electron chi connectivity index (χ3n) is 3.30. The molecule has 0 aliphatic rings. The van der Waals surface area contributed by atoms with Crippen molar-refractivity contribution in [3.05, 3.63) is 36.8 Å². The summed E-state index contributed by atoms with van der Waals surface area (Å²) < 4.78 is 47.5. The number of hydrogen-bond acceptors (Lipinski definition) is 4. The highest BCUT2D eigenvalue weighted by atomic mass is 19.4. The van der Waals surface area contributed by atoms with Gasteiger partial charge in [-0.25, -0.2) is 9.97 Å². The summed E-state index contributed by atoms with van der Waals surface area (Å²) in [6.45, 7) is 0. The topological polar surface area (TPSA) is 49.2 Å². The molecule has 2 heterocycles. The lowest BCUT2D eigenvalue weighted by Crippen LogP contribution is -2.16. The van der Waals surface area contributed by atoms with Gasteiger partial charge in [-0.05, 0) is 17.7 Å². The highest BCUT2D eigenvalue weighted by Gasteiger charge is 2.31. The van der Waals surface area contributed by atoms with Crippen molar-refractivity contribution in [2.75, 3.05) is 7.11 Å². The van der Waals surface area contributed by atoms with Crippen LogP contribution in [0.5, 0.6) is 11.6 Å². The van der Waals surface area contributed by atoms with E-state index < -0.39 is 6.36 Å². The Hall–Kier alpha value is -2.77. The molecule has 0 N–H and O–H groups in total. The number of nitrogens with zero attached hydrogens (tertiary/aromatic N) is 3. The summed E-state index contributed by atoms with van der Waals surface area (Å²) in [6, 6.07) is 5.56. The zero-order valence-electron chi connectivity index (χ0n) is 12.3. The van der Waals surface area contributed by atoms with Crippen LogP contribution < -0.4 is 9.47 Å². The Morgan fingerprint density at radius 3 is 2.39 bits per heavy atom. The van der Waals surface area contributed by atoms with E-state index in [0.29, 0.717) is 28.0 Å². The molecule has 0 aliphatic heterocycles. The highest BCUT2D eigenvalue weighted by molar-refractivity contribution is 5.94. The first kappa shape index (κ1) is 15.1. The van der Waals surface area contributed by atoms with Crippen LogP contribution in [0.2, 0.25) is 0 Å². The monoisotopic (exact) mass is 323 g/mol. The second-order valence-corrected chi connectivity index (χ2v) is 4.81. The summed E-state index contributed by atoms with van der Waals surface area (Å²) in [5, 5.41) is 0. The Morgan fingerprint density at radius 1 is 1.09 bits per heavy atom. The molecule has 8 heteroatoms.